The maximum atomic E-state index is 13.1. The normalized spacial score (nSPS) is 22.3. The molecule has 1 aliphatic heterocycles. The molecule has 2 unspecified atom stereocenters. The SMILES string of the molecule is CCc1nc2ccc(Br)cn2c1C(=O)N1CC(C)CC(C)C1. The van der Waals surface area contributed by atoms with Gasteiger partial charge in [-0.1, -0.05) is 20.8 Å². The lowest BCUT2D eigenvalue weighted by Crippen LogP contribution is -2.43. The highest BCUT2D eigenvalue weighted by Crippen LogP contribution is 2.25. The second-order valence-corrected chi connectivity index (χ2v) is 7.41. The van der Waals surface area contributed by atoms with Gasteiger partial charge in [0, 0.05) is 23.8 Å². The van der Waals surface area contributed by atoms with E-state index in [1.807, 2.05) is 27.6 Å². The van der Waals surface area contributed by atoms with Crippen LogP contribution >= 0.6 is 15.9 Å². The molecule has 2 aromatic heterocycles. The van der Waals surface area contributed by atoms with Crippen LogP contribution in [0.4, 0.5) is 0 Å². The fourth-order valence-corrected chi connectivity index (χ4v) is 3.86. The van der Waals surface area contributed by atoms with Gasteiger partial charge in [-0.3, -0.25) is 9.20 Å². The van der Waals surface area contributed by atoms with Crippen molar-refractivity contribution in [3.63, 3.8) is 0 Å². The van der Waals surface area contributed by atoms with E-state index in [1.54, 1.807) is 0 Å². The summed E-state index contributed by atoms with van der Waals surface area (Å²) in [6.45, 7) is 8.18. The Hall–Kier alpha value is -1.36. The minimum atomic E-state index is 0.112. The average Bonchev–Trinajstić information content (AvgIpc) is 2.83. The number of aromatic nitrogens is 2. The zero-order valence-electron chi connectivity index (χ0n) is 13.3. The molecule has 2 atom stereocenters. The van der Waals surface area contributed by atoms with Crippen LogP contribution in [-0.2, 0) is 6.42 Å². The molecule has 1 fully saturated rings. The van der Waals surface area contributed by atoms with Crippen LogP contribution < -0.4 is 0 Å². The van der Waals surface area contributed by atoms with Crippen LogP contribution in [0.25, 0.3) is 5.65 Å². The molecule has 0 saturated carbocycles. The molecule has 4 nitrogen and oxygen atoms in total. The van der Waals surface area contributed by atoms with E-state index in [4.69, 9.17) is 0 Å². The van der Waals surface area contributed by atoms with Crippen molar-refractivity contribution in [2.24, 2.45) is 11.8 Å². The zero-order valence-corrected chi connectivity index (χ0v) is 14.9. The van der Waals surface area contributed by atoms with Crippen LogP contribution in [0.3, 0.4) is 0 Å². The average molecular weight is 364 g/mol. The number of hydrogen-bond donors (Lipinski definition) is 0. The van der Waals surface area contributed by atoms with Crippen molar-refractivity contribution in [3.8, 4) is 0 Å². The Kier molecular flexibility index (Phi) is 4.26. The van der Waals surface area contributed by atoms with E-state index in [0.29, 0.717) is 11.8 Å². The molecular weight excluding hydrogens is 342 g/mol. The maximum absolute atomic E-state index is 13.1. The number of halogens is 1. The lowest BCUT2D eigenvalue weighted by atomic mass is 9.91. The highest BCUT2D eigenvalue weighted by molar-refractivity contribution is 9.10. The van der Waals surface area contributed by atoms with Crippen LogP contribution in [0, 0.1) is 11.8 Å². The van der Waals surface area contributed by atoms with Crippen LogP contribution in [0.15, 0.2) is 22.8 Å². The van der Waals surface area contributed by atoms with Crippen molar-refractivity contribution in [2.75, 3.05) is 13.1 Å². The molecule has 5 heteroatoms. The Morgan fingerprint density at radius 1 is 1.32 bits per heavy atom. The van der Waals surface area contributed by atoms with Gasteiger partial charge >= 0.3 is 0 Å². The summed E-state index contributed by atoms with van der Waals surface area (Å²) in [7, 11) is 0. The van der Waals surface area contributed by atoms with Crippen molar-refractivity contribution in [3.05, 3.63) is 34.2 Å². The molecule has 0 N–H and O–H groups in total. The van der Waals surface area contributed by atoms with Crippen molar-refractivity contribution in [1.29, 1.82) is 0 Å². The predicted molar refractivity (Wildman–Crippen MR) is 91.1 cm³/mol. The highest BCUT2D eigenvalue weighted by Gasteiger charge is 2.29. The standard InChI is InChI=1S/C17H22BrN3O/c1-4-14-16(21-10-13(18)5-6-15(21)19-14)17(22)20-8-11(2)7-12(3)9-20/h5-6,10-12H,4,7-9H2,1-3H3. The van der Waals surface area contributed by atoms with Crippen LogP contribution in [0.5, 0.6) is 0 Å². The molecule has 22 heavy (non-hydrogen) atoms. The van der Waals surface area contributed by atoms with E-state index in [9.17, 15) is 4.79 Å². The number of likely N-dealkylation sites (tertiary alicyclic amines) is 1. The van der Waals surface area contributed by atoms with Gasteiger partial charge in [-0.05, 0) is 52.7 Å². The highest BCUT2D eigenvalue weighted by atomic mass is 79.9. The third kappa shape index (κ3) is 2.78. The Bertz CT molecular complexity index is 699. The Morgan fingerprint density at radius 3 is 2.64 bits per heavy atom. The molecule has 118 valence electrons. The largest absolute Gasteiger partial charge is 0.337 e. The van der Waals surface area contributed by atoms with Gasteiger partial charge in [-0.25, -0.2) is 4.98 Å². The fraction of sp³-hybridized carbons (Fsp3) is 0.529. The molecule has 0 radical (unpaired) electrons. The van der Waals surface area contributed by atoms with E-state index in [0.717, 1.165) is 41.0 Å². The number of rotatable bonds is 2. The number of carbonyl (C=O) groups is 1. The minimum absolute atomic E-state index is 0.112. The summed E-state index contributed by atoms with van der Waals surface area (Å²) in [6, 6.07) is 3.91. The molecule has 1 aliphatic rings. The molecular formula is C17H22BrN3O. The van der Waals surface area contributed by atoms with Crippen molar-refractivity contribution < 1.29 is 4.79 Å². The van der Waals surface area contributed by atoms with E-state index < -0.39 is 0 Å². The molecule has 0 aromatic carbocycles. The monoisotopic (exact) mass is 363 g/mol. The summed E-state index contributed by atoms with van der Waals surface area (Å²) in [5.74, 6) is 1.23. The van der Waals surface area contributed by atoms with Crippen LogP contribution in [0.1, 0.15) is 43.4 Å². The number of aryl methyl sites for hydroxylation is 1. The number of fused-ring (bicyclic) bond motifs is 1. The van der Waals surface area contributed by atoms with Gasteiger partial charge in [0.15, 0.2) is 0 Å². The number of nitrogens with zero attached hydrogens (tertiary/aromatic N) is 3. The molecule has 3 rings (SSSR count). The van der Waals surface area contributed by atoms with Crippen LogP contribution in [0.2, 0.25) is 0 Å². The second kappa shape index (κ2) is 6.03. The predicted octanol–water partition coefficient (Wildman–Crippen LogP) is 3.78. The number of hydrogen-bond acceptors (Lipinski definition) is 2. The number of imidazole rings is 1. The molecule has 1 amide bonds. The van der Waals surface area contributed by atoms with E-state index in [-0.39, 0.29) is 5.91 Å². The van der Waals surface area contributed by atoms with Crippen molar-refractivity contribution in [1.82, 2.24) is 14.3 Å². The number of piperidine rings is 1. The molecule has 0 bridgehead atoms. The number of carbonyl (C=O) groups excluding carboxylic acids is 1. The third-order valence-electron chi connectivity index (χ3n) is 4.35. The van der Waals surface area contributed by atoms with Gasteiger partial charge < -0.3 is 4.90 Å². The zero-order chi connectivity index (χ0) is 15.9. The number of amides is 1. The summed E-state index contributed by atoms with van der Waals surface area (Å²) in [6.07, 6.45) is 3.90. The summed E-state index contributed by atoms with van der Waals surface area (Å²) in [5.41, 5.74) is 2.44. The Balaban J connectivity index is 2.04. The summed E-state index contributed by atoms with van der Waals surface area (Å²) >= 11 is 3.49. The second-order valence-electron chi connectivity index (χ2n) is 6.49. The topological polar surface area (TPSA) is 37.6 Å². The fourth-order valence-electron chi connectivity index (χ4n) is 3.52. The summed E-state index contributed by atoms with van der Waals surface area (Å²) in [4.78, 5) is 19.7. The minimum Gasteiger partial charge on any atom is -0.337 e. The molecule has 2 aromatic rings. The molecule has 1 saturated heterocycles. The van der Waals surface area contributed by atoms with Gasteiger partial charge in [0.1, 0.15) is 11.3 Å². The first-order valence-electron chi connectivity index (χ1n) is 7.95. The van der Waals surface area contributed by atoms with Crippen molar-refractivity contribution >= 4 is 27.5 Å². The van der Waals surface area contributed by atoms with E-state index >= 15 is 0 Å². The first-order chi connectivity index (χ1) is 10.5. The van der Waals surface area contributed by atoms with E-state index in [1.165, 1.54) is 6.42 Å². The maximum Gasteiger partial charge on any atom is 0.272 e. The van der Waals surface area contributed by atoms with Gasteiger partial charge in [0.2, 0.25) is 0 Å². The van der Waals surface area contributed by atoms with Crippen molar-refractivity contribution in [2.45, 2.75) is 33.6 Å². The first kappa shape index (κ1) is 15.5. The van der Waals surface area contributed by atoms with E-state index in [2.05, 4.69) is 41.7 Å². The third-order valence-corrected chi connectivity index (χ3v) is 4.82. The molecule has 0 aliphatic carbocycles. The summed E-state index contributed by atoms with van der Waals surface area (Å²) in [5, 5.41) is 0. The lowest BCUT2D eigenvalue weighted by molar-refractivity contribution is 0.0615. The van der Waals surface area contributed by atoms with Gasteiger partial charge in [-0.15, -0.1) is 0 Å². The Labute approximate surface area is 139 Å². The van der Waals surface area contributed by atoms with Gasteiger partial charge in [0.25, 0.3) is 5.91 Å². The molecule has 3 heterocycles. The Morgan fingerprint density at radius 2 is 2.00 bits per heavy atom. The summed E-state index contributed by atoms with van der Waals surface area (Å²) < 4.78 is 2.88. The number of pyridine rings is 1. The van der Waals surface area contributed by atoms with Gasteiger partial charge in [0.05, 0.1) is 5.69 Å². The van der Waals surface area contributed by atoms with Crippen LogP contribution in [-0.4, -0.2) is 33.3 Å². The van der Waals surface area contributed by atoms with Gasteiger partial charge in [-0.2, -0.15) is 0 Å². The molecule has 0 spiro atoms. The lowest BCUT2D eigenvalue weighted by Gasteiger charge is -2.35. The quantitative estimate of drug-likeness (QED) is 0.814. The first-order valence-corrected chi connectivity index (χ1v) is 8.74. The smallest absolute Gasteiger partial charge is 0.272 e.